The first-order chi connectivity index (χ1) is 19.9. The first kappa shape index (κ1) is 32.9. The standard InChI is InChI=1S/C16H15Cl2NO3.C11H7Cl2NO.C2HF3O/c1-16(2,3)22-15(21)19-10-6-5-9(17)13(18)12(10)8-4-7-11(20)14(8)19;12-6-2-3-7-9(10(6)13)5-1-4-8(15)11(5)14-7;3-2(4,5)1-6/h5-6H,4,7H2,1-3H3;2-3,14H,1,4H2;1H. The molecule has 7 nitrogen and oxygen atoms in total. The van der Waals surface area contributed by atoms with Gasteiger partial charge in [-0.3, -0.25) is 14.4 Å². The van der Waals surface area contributed by atoms with Crippen LogP contribution >= 0.6 is 46.4 Å². The SMILES string of the molecule is CC(C)(C)OC(=O)n1c2c(c3c(Cl)c(Cl)ccc31)CCC2=O.O=C1CCc2c1[nH]c1ccc(Cl)c(Cl)c21.O=CC(F)(F)F. The zero-order valence-electron chi connectivity index (χ0n) is 22.8. The van der Waals surface area contributed by atoms with Gasteiger partial charge in [0.25, 0.3) is 0 Å². The molecule has 0 amide bonds. The van der Waals surface area contributed by atoms with Gasteiger partial charge in [-0.2, -0.15) is 13.2 Å². The molecule has 0 saturated heterocycles. The number of carbonyl (C=O) groups excluding carboxylic acids is 4. The van der Waals surface area contributed by atoms with Gasteiger partial charge < -0.3 is 9.72 Å². The normalized spacial score (nSPS) is 14.2. The Kier molecular flexibility index (Phi) is 9.28. The number of nitrogens with zero attached hydrogens (tertiary/aromatic N) is 1. The van der Waals surface area contributed by atoms with Crippen LogP contribution in [0.5, 0.6) is 0 Å². The van der Waals surface area contributed by atoms with Gasteiger partial charge in [-0.1, -0.05) is 46.4 Å². The second kappa shape index (κ2) is 12.1. The van der Waals surface area contributed by atoms with Crippen molar-refractivity contribution in [3.8, 4) is 0 Å². The Labute approximate surface area is 263 Å². The van der Waals surface area contributed by atoms with Crippen molar-refractivity contribution in [2.45, 2.75) is 58.2 Å². The molecule has 2 aromatic carbocycles. The first-order valence-corrected chi connectivity index (χ1v) is 14.3. The third kappa shape index (κ3) is 6.72. The van der Waals surface area contributed by atoms with Crippen LogP contribution in [0.15, 0.2) is 24.3 Å². The number of carbonyl (C=O) groups is 4. The van der Waals surface area contributed by atoms with Crippen molar-refractivity contribution in [3.63, 3.8) is 0 Å². The number of ether oxygens (including phenoxy) is 1. The van der Waals surface area contributed by atoms with Crippen molar-refractivity contribution >= 4 is 92.2 Å². The molecule has 14 heteroatoms. The first-order valence-electron chi connectivity index (χ1n) is 12.8. The number of alkyl halides is 3. The Hall–Kier alpha value is -3.05. The number of halogens is 7. The van der Waals surface area contributed by atoms with E-state index in [9.17, 15) is 27.6 Å². The smallest absolute Gasteiger partial charge is 0.443 e. The lowest BCUT2D eigenvalue weighted by Crippen LogP contribution is -2.28. The van der Waals surface area contributed by atoms with E-state index in [4.69, 9.17) is 55.9 Å². The molecule has 0 bridgehead atoms. The zero-order chi connectivity index (χ0) is 32.0. The molecule has 0 fully saturated rings. The van der Waals surface area contributed by atoms with E-state index in [1.165, 1.54) is 4.57 Å². The number of aryl methyl sites for hydroxylation is 2. The van der Waals surface area contributed by atoms with Crippen LogP contribution in [-0.2, 0) is 22.4 Å². The van der Waals surface area contributed by atoms with Gasteiger partial charge in [0.15, 0.2) is 11.6 Å². The quantitative estimate of drug-likeness (QED) is 0.187. The maximum Gasteiger partial charge on any atom is 0.446 e. The Morgan fingerprint density at radius 1 is 0.860 bits per heavy atom. The van der Waals surface area contributed by atoms with Gasteiger partial charge in [0.1, 0.15) is 5.60 Å². The van der Waals surface area contributed by atoms with E-state index in [-0.39, 0.29) is 11.6 Å². The molecule has 2 aliphatic rings. The third-order valence-electron chi connectivity index (χ3n) is 6.54. The van der Waals surface area contributed by atoms with E-state index in [2.05, 4.69) is 4.98 Å². The number of benzene rings is 2. The molecule has 0 unspecified atom stereocenters. The summed E-state index contributed by atoms with van der Waals surface area (Å²) in [4.78, 5) is 48.1. The summed E-state index contributed by atoms with van der Waals surface area (Å²) in [7, 11) is 0. The average Bonchev–Trinajstić information content (AvgIpc) is 3.65. The number of fused-ring (bicyclic) bond motifs is 6. The van der Waals surface area contributed by atoms with Crippen molar-refractivity contribution in [2.75, 3.05) is 0 Å². The lowest BCUT2D eigenvalue weighted by Gasteiger charge is -2.20. The van der Waals surface area contributed by atoms with E-state index in [1.54, 1.807) is 39.0 Å². The van der Waals surface area contributed by atoms with E-state index in [0.29, 0.717) is 61.6 Å². The largest absolute Gasteiger partial charge is 0.446 e. The number of rotatable bonds is 0. The minimum Gasteiger partial charge on any atom is -0.443 e. The molecule has 2 aromatic heterocycles. The van der Waals surface area contributed by atoms with Crippen LogP contribution in [0.4, 0.5) is 18.0 Å². The number of hydrogen-bond acceptors (Lipinski definition) is 5. The number of nitrogens with one attached hydrogen (secondary N) is 1. The number of aromatic nitrogens is 2. The fourth-order valence-electron chi connectivity index (χ4n) is 4.91. The van der Waals surface area contributed by atoms with Crippen molar-refractivity contribution in [3.05, 3.63) is 66.9 Å². The van der Waals surface area contributed by atoms with Crippen LogP contribution in [0.1, 0.15) is 65.7 Å². The summed E-state index contributed by atoms with van der Waals surface area (Å²) in [6.07, 6.45) is -4.03. The van der Waals surface area contributed by atoms with Crippen LogP contribution in [0, 0.1) is 0 Å². The minimum absolute atomic E-state index is 0.0794. The van der Waals surface area contributed by atoms with Gasteiger partial charge in [0, 0.05) is 29.1 Å². The monoisotopic (exact) mass is 676 g/mol. The molecule has 0 atom stereocenters. The van der Waals surface area contributed by atoms with Gasteiger partial charge in [0.05, 0.1) is 37.0 Å². The van der Waals surface area contributed by atoms with Gasteiger partial charge >= 0.3 is 12.3 Å². The lowest BCUT2D eigenvalue weighted by atomic mass is 10.1. The molecule has 4 aromatic rings. The summed E-state index contributed by atoms with van der Waals surface area (Å²) in [5.74, 6) is 0.0811. The lowest BCUT2D eigenvalue weighted by molar-refractivity contribution is -0.156. The minimum atomic E-state index is -4.64. The summed E-state index contributed by atoms with van der Waals surface area (Å²) in [6.45, 7) is 5.34. The molecular weight excluding hydrogens is 655 g/mol. The van der Waals surface area contributed by atoms with E-state index in [1.807, 2.05) is 6.07 Å². The van der Waals surface area contributed by atoms with Crippen molar-refractivity contribution in [1.82, 2.24) is 9.55 Å². The maximum atomic E-state index is 12.5. The molecule has 2 aliphatic carbocycles. The van der Waals surface area contributed by atoms with Crippen molar-refractivity contribution < 1.29 is 37.1 Å². The van der Waals surface area contributed by atoms with Gasteiger partial charge in [0.2, 0.25) is 6.29 Å². The molecule has 0 saturated carbocycles. The highest BCUT2D eigenvalue weighted by atomic mass is 35.5. The van der Waals surface area contributed by atoms with Crippen LogP contribution in [-0.4, -0.2) is 45.3 Å². The second-order valence-corrected chi connectivity index (χ2v) is 12.2. The number of aldehydes is 1. The highest BCUT2D eigenvalue weighted by Crippen LogP contribution is 2.41. The predicted molar refractivity (Wildman–Crippen MR) is 159 cm³/mol. The van der Waals surface area contributed by atoms with Gasteiger partial charge in [-0.15, -0.1) is 0 Å². The van der Waals surface area contributed by atoms with E-state index >= 15 is 0 Å². The van der Waals surface area contributed by atoms with Crippen molar-refractivity contribution in [2.24, 2.45) is 0 Å². The second-order valence-electron chi connectivity index (χ2n) is 10.7. The van der Waals surface area contributed by atoms with E-state index in [0.717, 1.165) is 28.5 Å². The molecule has 228 valence electrons. The van der Waals surface area contributed by atoms with Crippen LogP contribution < -0.4 is 0 Å². The number of H-pyrrole nitrogens is 1. The summed E-state index contributed by atoms with van der Waals surface area (Å²) in [5.41, 5.74) is 3.66. The number of Topliss-reactive ketones (excluding diaryl/α,β-unsaturated/α-hetero) is 2. The summed E-state index contributed by atoms with van der Waals surface area (Å²) in [5, 5.41) is 3.42. The highest BCUT2D eigenvalue weighted by molar-refractivity contribution is 6.46. The van der Waals surface area contributed by atoms with Crippen molar-refractivity contribution in [1.29, 1.82) is 0 Å². The average molecular weight is 678 g/mol. The topological polar surface area (TPSA) is 98.2 Å². The number of aromatic amines is 1. The highest BCUT2D eigenvalue weighted by Gasteiger charge is 2.34. The van der Waals surface area contributed by atoms with Crippen LogP contribution in [0.3, 0.4) is 0 Å². The fraction of sp³-hybridized carbons (Fsp3) is 0.310. The molecule has 1 N–H and O–H groups in total. The van der Waals surface area contributed by atoms with E-state index < -0.39 is 24.2 Å². The van der Waals surface area contributed by atoms with Crippen LogP contribution in [0.2, 0.25) is 20.1 Å². The van der Waals surface area contributed by atoms with Gasteiger partial charge in [-0.25, -0.2) is 9.36 Å². The predicted octanol–water partition coefficient (Wildman–Crippen LogP) is 9.21. The maximum absolute atomic E-state index is 12.5. The molecule has 0 aliphatic heterocycles. The number of ketones is 2. The molecule has 6 rings (SSSR count). The third-order valence-corrected chi connectivity index (χ3v) is 8.15. The zero-order valence-corrected chi connectivity index (χ0v) is 25.9. The molecule has 0 spiro atoms. The summed E-state index contributed by atoms with van der Waals surface area (Å²) >= 11 is 24.5. The van der Waals surface area contributed by atoms with Gasteiger partial charge in [-0.05, 0) is 69.0 Å². The molecular formula is C29H23Cl4F3N2O5. The molecule has 2 heterocycles. The summed E-state index contributed by atoms with van der Waals surface area (Å²) in [6, 6.07) is 6.91. The Balaban J connectivity index is 0.000000173. The molecule has 0 radical (unpaired) electrons. The summed E-state index contributed by atoms with van der Waals surface area (Å²) < 4.78 is 38.0. The Bertz CT molecular complexity index is 1800. The Morgan fingerprint density at radius 3 is 1.98 bits per heavy atom. The fourth-order valence-corrected chi connectivity index (χ4v) is 5.78. The number of hydrogen-bond donors (Lipinski definition) is 1. The van der Waals surface area contributed by atoms with Crippen LogP contribution in [0.25, 0.3) is 21.8 Å². The molecule has 43 heavy (non-hydrogen) atoms. The Morgan fingerprint density at radius 2 is 1.40 bits per heavy atom.